The van der Waals surface area contributed by atoms with E-state index >= 15 is 0 Å². The molecule has 1 saturated carbocycles. The smallest absolute Gasteiger partial charge is 0.243 e. The zero-order valence-corrected chi connectivity index (χ0v) is 21.4. The van der Waals surface area contributed by atoms with Gasteiger partial charge < -0.3 is 4.74 Å². The van der Waals surface area contributed by atoms with Gasteiger partial charge in [-0.05, 0) is 86.0 Å². The fraction of sp³-hybridized carbons (Fsp3) is 0.556. The Balaban J connectivity index is 1.34. The highest BCUT2D eigenvalue weighted by atomic mass is 32.2. The molecule has 1 saturated heterocycles. The summed E-state index contributed by atoms with van der Waals surface area (Å²) in [5.41, 5.74) is 1.23. The van der Waals surface area contributed by atoms with E-state index in [0.29, 0.717) is 19.1 Å². The highest BCUT2D eigenvalue weighted by molar-refractivity contribution is 7.89. The summed E-state index contributed by atoms with van der Waals surface area (Å²) < 4.78 is 48.0. The molecule has 0 radical (unpaired) electrons. The van der Waals surface area contributed by atoms with Crippen molar-refractivity contribution in [3.05, 3.63) is 59.9 Å². The lowest BCUT2D eigenvalue weighted by Gasteiger charge is -2.38. The number of hydrogen-bond acceptors (Lipinski definition) is 4. The van der Waals surface area contributed by atoms with Gasteiger partial charge in [0.15, 0.2) is 0 Å². The van der Waals surface area contributed by atoms with E-state index in [1.165, 1.54) is 29.8 Å². The minimum absolute atomic E-state index is 0.0190. The van der Waals surface area contributed by atoms with Crippen molar-refractivity contribution in [1.29, 1.82) is 0 Å². The average molecular weight is 489 g/mol. The Labute approximate surface area is 204 Å². The molecular formula is C27H37FN2O3S. The SMILES string of the molecule is CC(C)(C)c1ccccc1OCCN1CCC(N(CC2CC2)S(=O)(=O)c2ccc(F)cc2)CC1. The van der Waals surface area contributed by atoms with Gasteiger partial charge >= 0.3 is 0 Å². The van der Waals surface area contributed by atoms with Crippen LogP contribution in [0.25, 0.3) is 0 Å². The molecule has 0 bridgehead atoms. The minimum Gasteiger partial charge on any atom is -0.492 e. The molecule has 1 heterocycles. The molecule has 1 aliphatic heterocycles. The van der Waals surface area contributed by atoms with Gasteiger partial charge in [-0.2, -0.15) is 4.31 Å². The van der Waals surface area contributed by atoms with Gasteiger partial charge in [0.2, 0.25) is 10.0 Å². The fourth-order valence-corrected chi connectivity index (χ4v) is 6.43. The third-order valence-electron chi connectivity index (χ3n) is 6.88. The Morgan fingerprint density at radius 3 is 2.26 bits per heavy atom. The molecule has 0 atom stereocenters. The van der Waals surface area contributed by atoms with Crippen LogP contribution >= 0.6 is 0 Å². The Morgan fingerprint density at radius 1 is 1.00 bits per heavy atom. The van der Waals surface area contributed by atoms with Crippen molar-refractivity contribution >= 4 is 10.0 Å². The average Bonchev–Trinajstić information content (AvgIpc) is 3.62. The molecule has 0 spiro atoms. The Bertz CT molecular complexity index is 1050. The monoisotopic (exact) mass is 488 g/mol. The van der Waals surface area contributed by atoms with Gasteiger partial charge in [0.25, 0.3) is 0 Å². The first-order valence-corrected chi connectivity index (χ1v) is 13.8. The van der Waals surface area contributed by atoms with Crippen LogP contribution in [0.15, 0.2) is 53.4 Å². The van der Waals surface area contributed by atoms with E-state index in [0.717, 1.165) is 51.1 Å². The van der Waals surface area contributed by atoms with E-state index in [4.69, 9.17) is 4.74 Å². The van der Waals surface area contributed by atoms with E-state index in [-0.39, 0.29) is 16.4 Å². The second-order valence-electron chi connectivity index (χ2n) is 10.6. The van der Waals surface area contributed by atoms with Gasteiger partial charge in [-0.3, -0.25) is 4.90 Å². The van der Waals surface area contributed by atoms with Crippen LogP contribution in [0.4, 0.5) is 4.39 Å². The normalized spacial score (nSPS) is 18.4. The highest BCUT2D eigenvalue weighted by Crippen LogP contribution is 2.34. The van der Waals surface area contributed by atoms with Gasteiger partial charge in [-0.15, -0.1) is 0 Å². The van der Waals surface area contributed by atoms with E-state index in [9.17, 15) is 12.8 Å². The zero-order valence-electron chi connectivity index (χ0n) is 20.5. The molecule has 0 aromatic heterocycles. The maximum atomic E-state index is 13.4. The summed E-state index contributed by atoms with van der Waals surface area (Å²) in [6.07, 6.45) is 3.76. The molecule has 186 valence electrons. The van der Waals surface area contributed by atoms with E-state index in [1.54, 1.807) is 4.31 Å². The number of ether oxygens (including phenoxy) is 1. The predicted molar refractivity (Wildman–Crippen MR) is 133 cm³/mol. The zero-order chi connectivity index (χ0) is 24.3. The van der Waals surface area contributed by atoms with E-state index in [1.807, 2.05) is 18.2 Å². The van der Waals surface area contributed by atoms with Crippen LogP contribution < -0.4 is 4.74 Å². The lowest BCUT2D eigenvalue weighted by atomic mass is 9.86. The number of halogens is 1. The fourth-order valence-electron chi connectivity index (χ4n) is 4.67. The summed E-state index contributed by atoms with van der Waals surface area (Å²) in [6, 6.07) is 13.4. The van der Waals surface area contributed by atoms with Gasteiger partial charge in [0.05, 0.1) is 4.90 Å². The number of benzene rings is 2. The van der Waals surface area contributed by atoms with Crippen molar-refractivity contribution in [3.63, 3.8) is 0 Å². The van der Waals surface area contributed by atoms with Crippen molar-refractivity contribution < 1.29 is 17.5 Å². The Kier molecular flexibility index (Phi) is 7.65. The third-order valence-corrected chi connectivity index (χ3v) is 8.81. The van der Waals surface area contributed by atoms with Crippen molar-refractivity contribution in [3.8, 4) is 5.75 Å². The standard InChI is InChI=1S/C27H37FN2O3S/c1-27(2,3)25-6-4-5-7-26(25)33-19-18-29-16-14-23(15-17-29)30(20-21-8-9-21)34(31,32)24-12-10-22(28)11-13-24/h4-7,10-13,21,23H,8-9,14-20H2,1-3H3. The molecule has 1 aliphatic carbocycles. The lowest BCUT2D eigenvalue weighted by molar-refractivity contribution is 0.136. The van der Waals surface area contributed by atoms with Crippen LogP contribution in [-0.2, 0) is 15.4 Å². The first-order chi connectivity index (χ1) is 16.1. The number of rotatable bonds is 9. The molecular weight excluding hydrogens is 451 g/mol. The summed E-state index contributed by atoms with van der Waals surface area (Å²) in [7, 11) is -3.64. The van der Waals surface area contributed by atoms with Gasteiger partial charge in [0.1, 0.15) is 18.2 Å². The maximum absolute atomic E-state index is 13.4. The third kappa shape index (κ3) is 6.18. The van der Waals surface area contributed by atoms with Crippen molar-refractivity contribution in [2.24, 2.45) is 5.92 Å². The van der Waals surface area contributed by atoms with Crippen LogP contribution in [0.2, 0.25) is 0 Å². The summed E-state index contributed by atoms with van der Waals surface area (Å²) in [6.45, 7) is 10.2. The lowest BCUT2D eigenvalue weighted by Crippen LogP contribution is -2.48. The quantitative estimate of drug-likeness (QED) is 0.495. The first-order valence-electron chi connectivity index (χ1n) is 12.4. The summed E-state index contributed by atoms with van der Waals surface area (Å²) in [4.78, 5) is 2.54. The number of hydrogen-bond donors (Lipinski definition) is 0. The van der Waals surface area contributed by atoms with Crippen LogP contribution in [0.1, 0.15) is 52.0 Å². The van der Waals surface area contributed by atoms with Crippen LogP contribution in [-0.4, -0.2) is 56.5 Å². The molecule has 0 N–H and O–H groups in total. The number of piperidine rings is 1. The number of sulfonamides is 1. The second kappa shape index (κ2) is 10.3. The van der Waals surface area contributed by atoms with Crippen LogP contribution in [0.5, 0.6) is 5.75 Å². The highest BCUT2D eigenvalue weighted by Gasteiger charge is 2.37. The number of para-hydroxylation sites is 1. The summed E-state index contributed by atoms with van der Waals surface area (Å²) in [5.74, 6) is 0.962. The van der Waals surface area contributed by atoms with Gasteiger partial charge in [-0.1, -0.05) is 39.0 Å². The van der Waals surface area contributed by atoms with Crippen LogP contribution in [0.3, 0.4) is 0 Å². The first kappa shape index (κ1) is 25.1. The van der Waals surface area contributed by atoms with Crippen molar-refractivity contribution in [1.82, 2.24) is 9.21 Å². The second-order valence-corrected chi connectivity index (χ2v) is 12.5. The van der Waals surface area contributed by atoms with Gasteiger partial charge in [0, 0.05) is 19.1 Å². The Morgan fingerprint density at radius 2 is 1.65 bits per heavy atom. The molecule has 2 fully saturated rings. The molecule has 2 aromatic carbocycles. The molecule has 2 aliphatic rings. The van der Waals surface area contributed by atoms with E-state index in [2.05, 4.69) is 31.7 Å². The number of likely N-dealkylation sites (tertiary alicyclic amines) is 1. The molecule has 0 unspecified atom stereocenters. The van der Waals surface area contributed by atoms with Crippen molar-refractivity contribution in [2.75, 3.05) is 32.8 Å². The summed E-state index contributed by atoms with van der Waals surface area (Å²) >= 11 is 0. The largest absolute Gasteiger partial charge is 0.492 e. The Hall–Kier alpha value is -1.96. The molecule has 4 rings (SSSR count). The molecule has 34 heavy (non-hydrogen) atoms. The molecule has 5 nitrogen and oxygen atoms in total. The topological polar surface area (TPSA) is 49.9 Å². The maximum Gasteiger partial charge on any atom is 0.243 e. The van der Waals surface area contributed by atoms with Crippen molar-refractivity contribution in [2.45, 2.75) is 62.8 Å². The molecule has 2 aromatic rings. The van der Waals surface area contributed by atoms with Crippen LogP contribution in [0, 0.1) is 11.7 Å². The van der Waals surface area contributed by atoms with E-state index < -0.39 is 15.8 Å². The molecule has 0 amide bonds. The molecule has 7 heteroatoms. The van der Waals surface area contributed by atoms with Gasteiger partial charge in [-0.25, -0.2) is 12.8 Å². The minimum atomic E-state index is -3.64. The predicted octanol–water partition coefficient (Wildman–Crippen LogP) is 5.07. The summed E-state index contributed by atoms with van der Waals surface area (Å²) in [5, 5.41) is 0. The number of nitrogens with zero attached hydrogens (tertiary/aromatic N) is 2.